The van der Waals surface area contributed by atoms with Crippen molar-refractivity contribution in [2.75, 3.05) is 11.6 Å². The molecule has 6 nitrogen and oxygen atoms in total. The molecule has 2 aromatic heterocycles. The fourth-order valence-corrected chi connectivity index (χ4v) is 3.06. The van der Waals surface area contributed by atoms with Crippen LogP contribution in [0, 0.1) is 6.92 Å². The zero-order valence-corrected chi connectivity index (χ0v) is 15.9. The van der Waals surface area contributed by atoms with E-state index in [1.54, 1.807) is 23.6 Å². The fourth-order valence-electron chi connectivity index (χ4n) is 3.06. The van der Waals surface area contributed by atoms with Gasteiger partial charge in [-0.25, -0.2) is 9.69 Å². The number of hydrogen-bond acceptors (Lipinski definition) is 5. The van der Waals surface area contributed by atoms with Gasteiger partial charge in [-0.15, -0.1) is 0 Å². The van der Waals surface area contributed by atoms with E-state index < -0.39 is 0 Å². The number of ether oxygens (including phenoxy) is 1. The van der Waals surface area contributed by atoms with Crippen molar-refractivity contribution in [1.82, 2.24) is 14.8 Å². The van der Waals surface area contributed by atoms with Gasteiger partial charge in [-0.05, 0) is 67.5 Å². The average molecular weight is 371 g/mol. The standard InChI is InChI=1S/C22H21N5O/c1-4-28-21-8-7-18(14-17(21)3)27-20(9-12-24-27)22-16(2)10-13-26(25-22)19-6-5-11-23-15-19/h5-15H,2,4H2,1,3H3. The molecule has 1 aliphatic heterocycles. The lowest BCUT2D eigenvalue weighted by atomic mass is 10.1. The molecular weight excluding hydrogens is 350 g/mol. The van der Waals surface area contributed by atoms with Crippen LogP contribution in [-0.2, 0) is 0 Å². The van der Waals surface area contributed by atoms with E-state index in [0.29, 0.717) is 6.61 Å². The first-order valence-corrected chi connectivity index (χ1v) is 9.11. The van der Waals surface area contributed by atoms with E-state index in [2.05, 4.69) is 22.7 Å². The first-order valence-electron chi connectivity index (χ1n) is 9.11. The average Bonchev–Trinajstić information content (AvgIpc) is 3.20. The van der Waals surface area contributed by atoms with Gasteiger partial charge in [0.1, 0.15) is 11.5 Å². The molecule has 0 N–H and O–H groups in total. The van der Waals surface area contributed by atoms with Crippen LogP contribution in [0.25, 0.3) is 5.69 Å². The minimum absolute atomic E-state index is 0.639. The molecule has 0 fully saturated rings. The van der Waals surface area contributed by atoms with E-state index in [-0.39, 0.29) is 0 Å². The van der Waals surface area contributed by atoms with Crippen LogP contribution in [0.5, 0.6) is 5.75 Å². The van der Waals surface area contributed by atoms with Gasteiger partial charge < -0.3 is 4.74 Å². The molecule has 0 radical (unpaired) electrons. The van der Waals surface area contributed by atoms with Crippen LogP contribution < -0.4 is 9.75 Å². The summed E-state index contributed by atoms with van der Waals surface area (Å²) in [5.41, 5.74) is 5.33. The smallest absolute Gasteiger partial charge is 0.122 e. The van der Waals surface area contributed by atoms with Gasteiger partial charge >= 0.3 is 0 Å². The molecule has 3 heterocycles. The van der Waals surface area contributed by atoms with Gasteiger partial charge in [-0.2, -0.15) is 10.2 Å². The molecule has 0 spiro atoms. The Morgan fingerprint density at radius 1 is 1.11 bits per heavy atom. The summed E-state index contributed by atoms with van der Waals surface area (Å²) >= 11 is 0. The van der Waals surface area contributed by atoms with Crippen LogP contribution in [0.3, 0.4) is 0 Å². The monoisotopic (exact) mass is 371 g/mol. The van der Waals surface area contributed by atoms with Crippen LogP contribution in [-0.4, -0.2) is 27.1 Å². The van der Waals surface area contributed by atoms with E-state index in [1.807, 2.05) is 61.1 Å². The maximum atomic E-state index is 5.65. The molecule has 1 aromatic carbocycles. The number of hydrogen-bond donors (Lipinski definition) is 0. The summed E-state index contributed by atoms with van der Waals surface area (Å²) in [6, 6.07) is 11.8. The van der Waals surface area contributed by atoms with Crippen molar-refractivity contribution in [3.63, 3.8) is 0 Å². The summed E-state index contributed by atoms with van der Waals surface area (Å²) in [4.78, 5) is 4.17. The van der Waals surface area contributed by atoms with Gasteiger partial charge in [-0.3, -0.25) is 4.98 Å². The molecule has 1 aliphatic rings. The second-order valence-electron chi connectivity index (χ2n) is 6.36. The molecular formula is C22H21N5O. The van der Waals surface area contributed by atoms with Crippen LogP contribution in [0.4, 0.5) is 5.69 Å². The van der Waals surface area contributed by atoms with Crippen LogP contribution >= 0.6 is 0 Å². The van der Waals surface area contributed by atoms with Gasteiger partial charge in [0.2, 0.25) is 0 Å². The number of aryl methyl sites for hydroxylation is 1. The highest BCUT2D eigenvalue weighted by Crippen LogP contribution is 2.25. The Kier molecular flexibility index (Phi) is 4.76. The van der Waals surface area contributed by atoms with Crippen molar-refractivity contribution >= 4 is 11.4 Å². The second kappa shape index (κ2) is 7.52. The third-order valence-corrected chi connectivity index (χ3v) is 4.43. The van der Waals surface area contributed by atoms with E-state index >= 15 is 0 Å². The molecule has 3 aromatic rings. The number of hydrazone groups is 1. The Balaban J connectivity index is 1.73. The summed E-state index contributed by atoms with van der Waals surface area (Å²) in [5, 5.41) is 11.1. The largest absolute Gasteiger partial charge is 0.494 e. The molecule has 140 valence electrons. The molecule has 0 bridgehead atoms. The highest BCUT2D eigenvalue weighted by molar-refractivity contribution is 6.14. The molecule has 6 heteroatoms. The molecule has 0 aliphatic carbocycles. The predicted octanol–water partition coefficient (Wildman–Crippen LogP) is 4.27. The summed E-state index contributed by atoms with van der Waals surface area (Å²) in [6.07, 6.45) is 9.10. The Morgan fingerprint density at radius 3 is 2.75 bits per heavy atom. The highest BCUT2D eigenvalue weighted by Gasteiger charge is 2.19. The van der Waals surface area contributed by atoms with Gasteiger partial charge in [-0.1, -0.05) is 6.58 Å². The summed E-state index contributed by atoms with van der Waals surface area (Å²) in [7, 11) is 0. The predicted molar refractivity (Wildman–Crippen MR) is 111 cm³/mol. The summed E-state index contributed by atoms with van der Waals surface area (Å²) < 4.78 is 7.51. The number of pyridine rings is 1. The minimum Gasteiger partial charge on any atom is -0.494 e. The van der Waals surface area contributed by atoms with Crippen molar-refractivity contribution < 1.29 is 4.74 Å². The molecule has 0 unspecified atom stereocenters. The third-order valence-electron chi connectivity index (χ3n) is 4.43. The van der Waals surface area contributed by atoms with E-state index in [1.165, 1.54) is 0 Å². The van der Waals surface area contributed by atoms with Gasteiger partial charge in [0.15, 0.2) is 0 Å². The molecule has 0 atom stereocenters. The SMILES string of the molecule is C=C1C=CN(c2cccnc2)N=C1c1ccnn1-c1ccc(OCC)c(C)c1. The normalized spacial score (nSPS) is 13.6. The molecule has 0 amide bonds. The Labute approximate surface area is 164 Å². The summed E-state index contributed by atoms with van der Waals surface area (Å²) in [6.45, 7) is 8.80. The molecule has 0 saturated heterocycles. The first-order chi connectivity index (χ1) is 13.7. The lowest BCUT2D eigenvalue weighted by Crippen LogP contribution is -2.21. The Hall–Kier alpha value is -3.67. The number of anilines is 1. The quantitative estimate of drug-likeness (QED) is 0.672. The molecule has 0 saturated carbocycles. The van der Waals surface area contributed by atoms with Gasteiger partial charge in [0.25, 0.3) is 0 Å². The lowest BCUT2D eigenvalue weighted by Gasteiger charge is -2.21. The van der Waals surface area contributed by atoms with Crippen molar-refractivity contribution in [1.29, 1.82) is 0 Å². The fraction of sp³-hybridized carbons (Fsp3) is 0.136. The number of allylic oxidation sites excluding steroid dienone is 2. The molecule has 4 rings (SSSR count). The minimum atomic E-state index is 0.639. The van der Waals surface area contributed by atoms with Gasteiger partial charge in [0, 0.05) is 12.4 Å². The Bertz CT molecular complexity index is 1070. The maximum absolute atomic E-state index is 5.65. The van der Waals surface area contributed by atoms with E-state index in [4.69, 9.17) is 9.84 Å². The van der Waals surface area contributed by atoms with Gasteiger partial charge in [0.05, 0.1) is 36.1 Å². The van der Waals surface area contributed by atoms with Crippen molar-refractivity contribution in [3.05, 3.63) is 90.7 Å². The Morgan fingerprint density at radius 2 is 2.00 bits per heavy atom. The number of nitrogens with zero attached hydrogens (tertiary/aromatic N) is 5. The van der Waals surface area contributed by atoms with Crippen LogP contribution in [0.2, 0.25) is 0 Å². The zero-order valence-electron chi connectivity index (χ0n) is 15.9. The maximum Gasteiger partial charge on any atom is 0.122 e. The van der Waals surface area contributed by atoms with Crippen molar-refractivity contribution in [2.45, 2.75) is 13.8 Å². The number of benzene rings is 1. The van der Waals surface area contributed by atoms with Crippen molar-refractivity contribution in [3.8, 4) is 11.4 Å². The topological polar surface area (TPSA) is 55.5 Å². The number of rotatable bonds is 5. The number of aromatic nitrogens is 3. The van der Waals surface area contributed by atoms with E-state index in [0.717, 1.165) is 39.7 Å². The summed E-state index contributed by atoms with van der Waals surface area (Å²) in [5.74, 6) is 0.880. The highest BCUT2D eigenvalue weighted by atomic mass is 16.5. The molecule has 28 heavy (non-hydrogen) atoms. The zero-order chi connectivity index (χ0) is 19.5. The van der Waals surface area contributed by atoms with E-state index in [9.17, 15) is 0 Å². The third kappa shape index (κ3) is 3.32. The van der Waals surface area contributed by atoms with Crippen molar-refractivity contribution in [2.24, 2.45) is 5.10 Å². The first kappa shape index (κ1) is 17.7. The van der Waals surface area contributed by atoms with Crippen LogP contribution in [0.15, 0.2) is 84.5 Å². The second-order valence-corrected chi connectivity index (χ2v) is 6.36. The van der Waals surface area contributed by atoms with Crippen LogP contribution in [0.1, 0.15) is 18.2 Å². The lowest BCUT2D eigenvalue weighted by molar-refractivity contribution is 0.338.